The van der Waals surface area contributed by atoms with E-state index < -0.39 is 0 Å². The minimum atomic E-state index is -0.156. The summed E-state index contributed by atoms with van der Waals surface area (Å²) < 4.78 is 10.6. The van der Waals surface area contributed by atoms with Crippen LogP contribution < -0.4 is 0 Å². The Hall–Kier alpha value is -1.22. The third kappa shape index (κ3) is 14.7. The molecule has 0 aliphatic carbocycles. The van der Waals surface area contributed by atoms with Gasteiger partial charge in [0.2, 0.25) is 0 Å². The van der Waals surface area contributed by atoms with Gasteiger partial charge in [-0.15, -0.1) is 5.92 Å². The Bertz CT molecular complexity index is 336. The van der Waals surface area contributed by atoms with Crippen LogP contribution in [-0.4, -0.2) is 19.5 Å². The van der Waals surface area contributed by atoms with Crippen LogP contribution >= 0.6 is 0 Å². The zero-order valence-electron chi connectivity index (χ0n) is 12.5. The van der Waals surface area contributed by atoms with Crippen LogP contribution in [0.4, 0.5) is 0 Å². The normalized spacial score (nSPS) is 11.5. The highest BCUT2D eigenvalue weighted by atomic mass is 16.7. The van der Waals surface area contributed by atoms with Crippen molar-refractivity contribution in [3.8, 4) is 23.7 Å². The third-order valence-corrected chi connectivity index (χ3v) is 2.34. The largest absolute Gasteiger partial charge is 0.353 e. The second-order valence-corrected chi connectivity index (χ2v) is 4.07. The number of hydrogen-bond donors (Lipinski definition) is 0. The lowest BCUT2D eigenvalue weighted by Gasteiger charge is -2.10. The Labute approximate surface area is 118 Å². The summed E-state index contributed by atoms with van der Waals surface area (Å²) in [5.74, 6) is 12.1. The Morgan fingerprint density at radius 3 is 2.63 bits per heavy atom. The maximum atomic E-state index is 5.36. The van der Waals surface area contributed by atoms with Gasteiger partial charge in [-0.2, -0.15) is 0 Å². The Morgan fingerprint density at radius 2 is 1.89 bits per heavy atom. The van der Waals surface area contributed by atoms with Crippen LogP contribution in [0.1, 0.15) is 52.9 Å². The first-order chi connectivity index (χ1) is 9.31. The molecule has 1 unspecified atom stereocenters. The Balaban J connectivity index is 3.52. The van der Waals surface area contributed by atoms with Crippen LogP contribution in [0.25, 0.3) is 0 Å². The molecular formula is C17H26O2. The fourth-order valence-electron chi connectivity index (χ4n) is 1.35. The molecule has 0 spiro atoms. The molecule has 0 aromatic carbocycles. The summed E-state index contributed by atoms with van der Waals surface area (Å²) in [4.78, 5) is 0. The number of rotatable bonds is 8. The first-order valence-corrected chi connectivity index (χ1v) is 7.13. The molecule has 0 bridgehead atoms. The molecule has 0 aromatic rings. The van der Waals surface area contributed by atoms with Crippen LogP contribution in [0.5, 0.6) is 0 Å². The summed E-state index contributed by atoms with van der Waals surface area (Å²) in [6, 6.07) is 0. The molecule has 0 aromatic heterocycles. The van der Waals surface area contributed by atoms with Crippen LogP contribution in [0.2, 0.25) is 0 Å². The molecule has 0 aliphatic heterocycles. The summed E-state index contributed by atoms with van der Waals surface area (Å²) in [6.07, 6.45) is 8.89. The van der Waals surface area contributed by atoms with Gasteiger partial charge < -0.3 is 9.47 Å². The lowest BCUT2D eigenvalue weighted by atomic mass is 10.2. The standard InChI is InChI=1S/C17H26O2/c1-4-6-7-8-9-10-11-12-13-14-15-16-19-17(3)18-5-2/h14-15,17H,4-8,11,16H2,1-3H3/b15-14+. The van der Waals surface area contributed by atoms with Crippen molar-refractivity contribution in [3.05, 3.63) is 12.2 Å². The molecule has 1 atom stereocenters. The maximum Gasteiger partial charge on any atom is 0.155 e. The van der Waals surface area contributed by atoms with E-state index >= 15 is 0 Å². The molecule has 19 heavy (non-hydrogen) atoms. The highest BCUT2D eigenvalue weighted by molar-refractivity contribution is 5.19. The van der Waals surface area contributed by atoms with Crippen molar-refractivity contribution in [2.24, 2.45) is 0 Å². The van der Waals surface area contributed by atoms with Crippen molar-refractivity contribution in [1.29, 1.82) is 0 Å². The molecule has 0 heterocycles. The minimum absolute atomic E-state index is 0.156. The average Bonchev–Trinajstić information content (AvgIpc) is 2.40. The van der Waals surface area contributed by atoms with E-state index in [4.69, 9.17) is 9.47 Å². The highest BCUT2D eigenvalue weighted by Gasteiger charge is 1.96. The first kappa shape index (κ1) is 17.8. The quantitative estimate of drug-likeness (QED) is 0.375. The van der Waals surface area contributed by atoms with E-state index in [-0.39, 0.29) is 6.29 Å². The van der Waals surface area contributed by atoms with Gasteiger partial charge in [-0.25, -0.2) is 0 Å². The molecular weight excluding hydrogens is 236 g/mol. The smallest absolute Gasteiger partial charge is 0.155 e. The summed E-state index contributed by atoms with van der Waals surface area (Å²) in [5, 5.41) is 0. The second-order valence-electron chi connectivity index (χ2n) is 4.07. The van der Waals surface area contributed by atoms with Gasteiger partial charge >= 0.3 is 0 Å². The number of unbranched alkanes of at least 4 members (excludes halogenated alkanes) is 3. The van der Waals surface area contributed by atoms with Crippen molar-refractivity contribution in [1.82, 2.24) is 0 Å². The predicted molar refractivity (Wildman–Crippen MR) is 80.5 cm³/mol. The zero-order chi connectivity index (χ0) is 14.2. The maximum absolute atomic E-state index is 5.36. The van der Waals surface area contributed by atoms with Gasteiger partial charge in [0.05, 0.1) is 13.0 Å². The summed E-state index contributed by atoms with van der Waals surface area (Å²) >= 11 is 0. The number of hydrogen-bond acceptors (Lipinski definition) is 2. The summed E-state index contributed by atoms with van der Waals surface area (Å²) in [7, 11) is 0. The molecule has 0 saturated heterocycles. The van der Waals surface area contributed by atoms with Crippen LogP contribution in [0, 0.1) is 23.7 Å². The van der Waals surface area contributed by atoms with Gasteiger partial charge in [0.25, 0.3) is 0 Å². The zero-order valence-corrected chi connectivity index (χ0v) is 12.5. The number of ether oxygens (including phenoxy) is 2. The van der Waals surface area contributed by atoms with E-state index in [0.717, 1.165) is 6.42 Å². The second kappa shape index (κ2) is 14.8. The van der Waals surface area contributed by atoms with Crippen molar-refractivity contribution < 1.29 is 9.47 Å². The molecule has 2 nitrogen and oxygen atoms in total. The van der Waals surface area contributed by atoms with E-state index in [1.807, 2.05) is 19.9 Å². The molecule has 0 amide bonds. The molecule has 0 N–H and O–H groups in total. The van der Waals surface area contributed by atoms with Gasteiger partial charge in [-0.3, -0.25) is 0 Å². The topological polar surface area (TPSA) is 18.5 Å². The van der Waals surface area contributed by atoms with Crippen LogP contribution in [0.3, 0.4) is 0 Å². The van der Waals surface area contributed by atoms with E-state index in [1.165, 1.54) is 19.3 Å². The molecule has 0 rings (SSSR count). The third-order valence-electron chi connectivity index (χ3n) is 2.34. The van der Waals surface area contributed by atoms with Gasteiger partial charge in [0.1, 0.15) is 0 Å². The monoisotopic (exact) mass is 262 g/mol. The SMILES string of the molecule is CCCCCC#CCC#C/C=C/COC(C)OCC. The van der Waals surface area contributed by atoms with Crippen molar-refractivity contribution >= 4 is 0 Å². The van der Waals surface area contributed by atoms with E-state index in [9.17, 15) is 0 Å². The fraction of sp³-hybridized carbons (Fsp3) is 0.647. The number of allylic oxidation sites excluding steroid dienone is 1. The van der Waals surface area contributed by atoms with E-state index in [1.54, 1.807) is 6.08 Å². The van der Waals surface area contributed by atoms with Crippen molar-refractivity contribution in [2.45, 2.75) is 59.2 Å². The van der Waals surface area contributed by atoms with Gasteiger partial charge in [-0.1, -0.05) is 43.6 Å². The molecule has 0 radical (unpaired) electrons. The molecule has 0 saturated carbocycles. The van der Waals surface area contributed by atoms with Crippen LogP contribution in [-0.2, 0) is 9.47 Å². The first-order valence-electron chi connectivity index (χ1n) is 7.13. The lowest BCUT2D eigenvalue weighted by Crippen LogP contribution is -2.12. The highest BCUT2D eigenvalue weighted by Crippen LogP contribution is 1.96. The molecule has 0 aliphatic rings. The summed E-state index contributed by atoms with van der Waals surface area (Å²) in [6.45, 7) is 7.23. The minimum Gasteiger partial charge on any atom is -0.353 e. The van der Waals surface area contributed by atoms with Gasteiger partial charge in [0, 0.05) is 13.0 Å². The average molecular weight is 262 g/mol. The van der Waals surface area contributed by atoms with Crippen molar-refractivity contribution in [2.75, 3.05) is 13.2 Å². The molecule has 2 heteroatoms. The molecule has 106 valence electrons. The van der Waals surface area contributed by atoms with Gasteiger partial charge in [-0.05, 0) is 26.3 Å². The summed E-state index contributed by atoms with van der Waals surface area (Å²) in [5.41, 5.74) is 0. The Morgan fingerprint density at radius 1 is 1.05 bits per heavy atom. The van der Waals surface area contributed by atoms with Gasteiger partial charge in [0.15, 0.2) is 6.29 Å². The van der Waals surface area contributed by atoms with Crippen molar-refractivity contribution in [3.63, 3.8) is 0 Å². The van der Waals surface area contributed by atoms with Crippen LogP contribution in [0.15, 0.2) is 12.2 Å². The van der Waals surface area contributed by atoms with E-state index in [2.05, 4.69) is 30.6 Å². The van der Waals surface area contributed by atoms with E-state index in [0.29, 0.717) is 19.6 Å². The fourth-order valence-corrected chi connectivity index (χ4v) is 1.35. The molecule has 0 fully saturated rings. The Kier molecular flexibility index (Phi) is 13.9. The lowest BCUT2D eigenvalue weighted by molar-refractivity contribution is -0.118. The predicted octanol–water partition coefficient (Wildman–Crippen LogP) is 3.92.